The number of anilines is 2. The summed E-state index contributed by atoms with van der Waals surface area (Å²) in [7, 11) is 0. The molecule has 1 amide bonds. The van der Waals surface area contributed by atoms with Crippen LogP contribution < -0.4 is 11.1 Å². The highest BCUT2D eigenvalue weighted by Gasteiger charge is 2.40. The van der Waals surface area contributed by atoms with Crippen molar-refractivity contribution in [2.24, 2.45) is 0 Å². The molecule has 0 spiro atoms. The second kappa shape index (κ2) is 9.25. The van der Waals surface area contributed by atoms with Gasteiger partial charge in [-0.25, -0.2) is 23.1 Å². The Hall–Kier alpha value is -4.25. The number of nitrogens with one attached hydrogen (secondary N) is 1. The molecule has 16 heteroatoms. The number of imidazole rings is 1. The molecule has 4 aromatic rings. The number of aromatic nitrogens is 3. The van der Waals surface area contributed by atoms with E-state index in [4.69, 9.17) is 5.73 Å². The molecule has 0 aliphatic heterocycles. The molecule has 0 aliphatic carbocycles. The molecule has 200 valence electrons. The van der Waals surface area contributed by atoms with Crippen LogP contribution in [0.15, 0.2) is 42.6 Å². The summed E-state index contributed by atoms with van der Waals surface area (Å²) in [6.45, 7) is 0. The van der Waals surface area contributed by atoms with E-state index in [1.54, 1.807) is 0 Å². The van der Waals surface area contributed by atoms with Crippen LogP contribution in [0.4, 0.5) is 37.8 Å². The Bertz CT molecular complexity index is 1550. The molecule has 7 N–H and O–H groups in total. The van der Waals surface area contributed by atoms with E-state index in [1.807, 2.05) is 0 Å². The first-order valence-electron chi connectivity index (χ1n) is 10.2. The van der Waals surface area contributed by atoms with Gasteiger partial charge in [0.05, 0.1) is 6.20 Å². The molecule has 10 nitrogen and oxygen atoms in total. The fourth-order valence-electron chi connectivity index (χ4n) is 3.63. The number of aliphatic hydroxyl groups excluding tert-OH is 1. The van der Waals surface area contributed by atoms with Crippen LogP contribution >= 0.6 is 0 Å². The molecular weight excluding hydrogens is 528 g/mol. The molecule has 0 saturated carbocycles. The number of benzene rings is 2. The molecule has 0 radical (unpaired) electrons. The first-order chi connectivity index (χ1) is 17.6. The second-order valence-corrected chi connectivity index (χ2v) is 7.92. The molecule has 0 fully saturated rings. The van der Waals surface area contributed by atoms with Gasteiger partial charge in [-0.15, -0.1) is 0 Å². The van der Waals surface area contributed by atoms with Crippen molar-refractivity contribution in [3.8, 4) is 11.3 Å². The second-order valence-electron chi connectivity index (χ2n) is 7.92. The van der Waals surface area contributed by atoms with Gasteiger partial charge >= 0.3 is 12.1 Å². The van der Waals surface area contributed by atoms with E-state index < -0.39 is 81.3 Å². The van der Waals surface area contributed by atoms with E-state index in [-0.39, 0.29) is 16.3 Å². The summed E-state index contributed by atoms with van der Waals surface area (Å²) in [4.78, 5) is 19.3. The van der Waals surface area contributed by atoms with Gasteiger partial charge in [0.25, 0.3) is 5.91 Å². The SMILES string of the molecule is Nc1ncc(C(F)(F)F)n2c(C(O)(O)O)nc(-c3ccc(NC(=O)C(O)c4cc(F)cc(F)c4)cc3F)c12. The summed E-state index contributed by atoms with van der Waals surface area (Å²) in [6.07, 6.45) is -6.95. The molecule has 4 rings (SSSR count). The summed E-state index contributed by atoms with van der Waals surface area (Å²) in [6, 6.07) is 4.53. The third kappa shape index (κ3) is 4.97. The standard InChI is InChI=1S/C22H15F6N5O5/c23-9-3-8(4-10(24)5-9)17(34)19(35)31-11-1-2-12(13(25)6-11)15-16-18(29)30-7-14(21(26,27)28)33(16)20(32-15)22(36,37)38/h1-7,17,34,36-38H,(H2,29,30)(H,31,35). The van der Waals surface area contributed by atoms with Crippen LogP contribution in [-0.4, -0.2) is 40.7 Å². The normalized spacial score (nSPS) is 13.1. The fraction of sp³-hybridized carbons (Fsp3) is 0.136. The maximum atomic E-state index is 15.1. The Labute approximate surface area is 207 Å². The van der Waals surface area contributed by atoms with Gasteiger partial charge in [-0.3, -0.25) is 9.20 Å². The molecule has 0 saturated heterocycles. The highest BCUT2D eigenvalue weighted by Crippen LogP contribution is 2.38. The minimum atomic E-state index is -5.14. The molecule has 2 aromatic heterocycles. The van der Waals surface area contributed by atoms with Gasteiger partial charge in [0, 0.05) is 17.3 Å². The van der Waals surface area contributed by atoms with Gasteiger partial charge in [0.2, 0.25) is 5.82 Å². The van der Waals surface area contributed by atoms with E-state index in [9.17, 15) is 47.2 Å². The number of nitrogens with zero attached hydrogens (tertiary/aromatic N) is 3. The number of amides is 1. The van der Waals surface area contributed by atoms with Crippen LogP contribution in [0.25, 0.3) is 16.8 Å². The van der Waals surface area contributed by atoms with Crippen molar-refractivity contribution < 1.29 is 51.6 Å². The molecule has 1 atom stereocenters. The van der Waals surface area contributed by atoms with Crippen molar-refractivity contribution in [3.05, 3.63) is 77.1 Å². The Balaban J connectivity index is 1.76. The van der Waals surface area contributed by atoms with Crippen LogP contribution in [0.1, 0.15) is 23.2 Å². The van der Waals surface area contributed by atoms with E-state index >= 15 is 4.39 Å². The molecule has 1 unspecified atom stereocenters. The number of alkyl halides is 3. The van der Waals surface area contributed by atoms with E-state index in [0.29, 0.717) is 24.3 Å². The van der Waals surface area contributed by atoms with Crippen molar-refractivity contribution in [2.75, 3.05) is 11.1 Å². The number of aliphatic hydroxyl groups is 4. The first-order valence-corrected chi connectivity index (χ1v) is 10.2. The van der Waals surface area contributed by atoms with Crippen LogP contribution in [0.5, 0.6) is 0 Å². The lowest BCUT2D eigenvalue weighted by Gasteiger charge is -2.16. The van der Waals surface area contributed by atoms with Crippen molar-refractivity contribution in [1.82, 2.24) is 14.4 Å². The Morgan fingerprint density at radius 3 is 2.21 bits per heavy atom. The number of nitrogens with two attached hydrogens (primary N) is 1. The van der Waals surface area contributed by atoms with E-state index in [1.165, 1.54) is 0 Å². The number of carbonyl (C=O) groups excluding carboxylic acids is 1. The van der Waals surface area contributed by atoms with Crippen LogP contribution in [0, 0.1) is 17.5 Å². The van der Waals surface area contributed by atoms with Gasteiger partial charge < -0.3 is 31.5 Å². The summed E-state index contributed by atoms with van der Waals surface area (Å²) in [5, 5.41) is 41.0. The quantitative estimate of drug-likeness (QED) is 0.165. The van der Waals surface area contributed by atoms with Crippen molar-refractivity contribution >= 4 is 22.9 Å². The van der Waals surface area contributed by atoms with Gasteiger partial charge in [0.1, 0.15) is 40.2 Å². The van der Waals surface area contributed by atoms with Crippen molar-refractivity contribution in [1.29, 1.82) is 0 Å². The lowest BCUT2D eigenvalue weighted by molar-refractivity contribution is -0.329. The average molecular weight is 543 g/mol. The average Bonchev–Trinajstić information content (AvgIpc) is 3.19. The first kappa shape index (κ1) is 26.8. The maximum absolute atomic E-state index is 15.1. The number of nitrogen functional groups attached to an aromatic ring is 1. The highest BCUT2D eigenvalue weighted by atomic mass is 19.4. The topological polar surface area (TPSA) is 166 Å². The summed E-state index contributed by atoms with van der Waals surface area (Å²) in [5.74, 6) is -10.5. The predicted molar refractivity (Wildman–Crippen MR) is 116 cm³/mol. The fourth-order valence-corrected chi connectivity index (χ4v) is 3.63. The number of hydrogen-bond acceptors (Lipinski definition) is 8. The summed E-state index contributed by atoms with van der Waals surface area (Å²) >= 11 is 0. The number of carbonyl (C=O) groups is 1. The highest BCUT2D eigenvalue weighted by molar-refractivity contribution is 5.95. The third-order valence-corrected chi connectivity index (χ3v) is 5.22. The monoisotopic (exact) mass is 543 g/mol. The summed E-state index contributed by atoms with van der Waals surface area (Å²) in [5.41, 5.74) is 1.37. The minimum Gasteiger partial charge on any atom is -0.382 e. The van der Waals surface area contributed by atoms with E-state index in [0.717, 1.165) is 12.1 Å². The van der Waals surface area contributed by atoms with Crippen LogP contribution in [-0.2, 0) is 16.9 Å². The Morgan fingerprint density at radius 1 is 1.03 bits per heavy atom. The molecule has 0 aliphatic rings. The Morgan fingerprint density at radius 2 is 1.66 bits per heavy atom. The smallest absolute Gasteiger partial charge is 0.382 e. The zero-order chi connectivity index (χ0) is 28.2. The van der Waals surface area contributed by atoms with Crippen molar-refractivity contribution in [3.63, 3.8) is 0 Å². The molecule has 2 heterocycles. The molecule has 38 heavy (non-hydrogen) atoms. The predicted octanol–water partition coefficient (Wildman–Crippen LogP) is 2.17. The van der Waals surface area contributed by atoms with Gasteiger partial charge in [-0.2, -0.15) is 13.2 Å². The lowest BCUT2D eigenvalue weighted by atomic mass is 10.1. The number of halogens is 6. The molecular formula is C22H15F6N5O5. The van der Waals surface area contributed by atoms with E-state index in [2.05, 4.69) is 15.3 Å². The molecule has 2 aromatic carbocycles. The summed E-state index contributed by atoms with van der Waals surface area (Å²) < 4.78 is 82.6. The van der Waals surface area contributed by atoms with Gasteiger partial charge in [-0.05, 0) is 35.9 Å². The van der Waals surface area contributed by atoms with Crippen molar-refractivity contribution in [2.45, 2.75) is 18.3 Å². The maximum Gasteiger partial charge on any atom is 0.433 e. The van der Waals surface area contributed by atoms with Gasteiger partial charge in [0.15, 0.2) is 6.10 Å². The van der Waals surface area contributed by atoms with Gasteiger partial charge in [-0.1, -0.05) is 0 Å². The largest absolute Gasteiger partial charge is 0.433 e. The van der Waals surface area contributed by atoms with Crippen LogP contribution in [0.2, 0.25) is 0 Å². The number of rotatable bonds is 5. The molecule has 0 bridgehead atoms. The zero-order valence-electron chi connectivity index (χ0n) is 18.5. The number of fused-ring (bicyclic) bond motifs is 1. The van der Waals surface area contributed by atoms with Crippen LogP contribution in [0.3, 0.4) is 0 Å². The lowest BCUT2D eigenvalue weighted by Crippen LogP contribution is -2.29. The Kier molecular flexibility index (Phi) is 6.52. The number of hydrogen-bond donors (Lipinski definition) is 6. The zero-order valence-corrected chi connectivity index (χ0v) is 18.5. The third-order valence-electron chi connectivity index (χ3n) is 5.22. The minimum absolute atomic E-state index is 0.0568.